The number of quaternary nitrogens is 1. The number of nitrogens with one attached hydrogen (secondary N) is 2. The second-order valence-electron chi connectivity index (χ2n) is 8.04. The average Bonchev–Trinajstić information content (AvgIpc) is 2.77. The van der Waals surface area contributed by atoms with E-state index in [1.165, 1.54) is 6.20 Å². The van der Waals surface area contributed by atoms with Gasteiger partial charge in [-0.3, -0.25) is 10.1 Å². The number of rotatable bonds is 7. The van der Waals surface area contributed by atoms with Crippen molar-refractivity contribution in [2.75, 3.05) is 16.4 Å². The molecule has 9 nitrogen and oxygen atoms in total. The van der Waals surface area contributed by atoms with E-state index >= 15 is 0 Å². The van der Waals surface area contributed by atoms with Gasteiger partial charge in [-0.2, -0.15) is 4.98 Å². The van der Waals surface area contributed by atoms with Crippen LogP contribution < -0.4 is 33.2 Å². The van der Waals surface area contributed by atoms with E-state index in [0.29, 0.717) is 17.5 Å². The number of hydrogen-bond acceptors (Lipinski definition) is 7. The highest BCUT2D eigenvalue weighted by atomic mass is 16.1. The summed E-state index contributed by atoms with van der Waals surface area (Å²) in [5, 5.41) is 8.52. The molecule has 2 aromatic carbocycles. The summed E-state index contributed by atoms with van der Waals surface area (Å²) >= 11 is 0. The Hall–Kier alpha value is -3.69. The predicted molar refractivity (Wildman–Crippen MR) is 126 cm³/mol. The molecule has 1 aliphatic carbocycles. The van der Waals surface area contributed by atoms with E-state index in [4.69, 9.17) is 17.2 Å². The third-order valence-corrected chi connectivity index (χ3v) is 5.66. The van der Waals surface area contributed by atoms with Crippen LogP contribution in [0.15, 0.2) is 54.7 Å². The van der Waals surface area contributed by atoms with Gasteiger partial charge in [0.05, 0.1) is 5.69 Å². The molecule has 4 rings (SSSR count). The van der Waals surface area contributed by atoms with Crippen LogP contribution in [0.2, 0.25) is 0 Å². The summed E-state index contributed by atoms with van der Waals surface area (Å²) in [4.78, 5) is 20.8. The van der Waals surface area contributed by atoms with E-state index in [9.17, 15) is 4.79 Å². The maximum Gasteiger partial charge on any atom is 0.254 e. The average molecular weight is 434 g/mol. The van der Waals surface area contributed by atoms with Gasteiger partial charge in [0.25, 0.3) is 5.91 Å². The van der Waals surface area contributed by atoms with Gasteiger partial charge in [0, 0.05) is 36.1 Å². The van der Waals surface area contributed by atoms with Gasteiger partial charge >= 0.3 is 0 Å². The number of hydrogen-bond donors (Lipinski definition) is 6. The first-order chi connectivity index (χ1) is 15.5. The van der Waals surface area contributed by atoms with Crippen LogP contribution in [0.3, 0.4) is 0 Å². The molecule has 1 amide bonds. The molecule has 1 fully saturated rings. The number of nitrogens with two attached hydrogens (primary N) is 4. The molecule has 0 saturated heterocycles. The second-order valence-corrected chi connectivity index (χ2v) is 8.04. The van der Waals surface area contributed by atoms with Gasteiger partial charge in [-0.05, 0) is 31.0 Å². The molecule has 32 heavy (non-hydrogen) atoms. The fourth-order valence-electron chi connectivity index (χ4n) is 3.90. The molecule has 10 N–H and O–H groups in total. The fraction of sp³-hybridized carbons (Fsp3) is 0.261. The van der Waals surface area contributed by atoms with Gasteiger partial charge in [0.2, 0.25) is 5.95 Å². The minimum atomic E-state index is -0.604. The van der Waals surface area contributed by atoms with Crippen molar-refractivity contribution in [2.24, 2.45) is 11.5 Å². The molecule has 9 heteroatoms. The highest BCUT2D eigenvalue weighted by molar-refractivity contribution is 5.98. The lowest BCUT2D eigenvalue weighted by Gasteiger charge is -2.29. The summed E-state index contributed by atoms with van der Waals surface area (Å²) in [6.45, 7) is 0. The van der Waals surface area contributed by atoms with Gasteiger partial charge in [0.1, 0.15) is 17.1 Å². The molecule has 0 aliphatic heterocycles. The molecule has 0 spiro atoms. The SMILES string of the molecule is NC(=O)c1cnc(N[C@@H]2CCCC[C@@H]2N)nc1Nc1cccc([NH2+]c2ccccc2N)c1. The van der Waals surface area contributed by atoms with Crippen molar-refractivity contribution in [3.05, 3.63) is 60.3 Å². The van der Waals surface area contributed by atoms with Gasteiger partial charge in [-0.1, -0.05) is 31.0 Å². The Balaban J connectivity index is 1.56. The standard InChI is InChI=1S/C23H28N8O/c24-17-8-1-3-10-19(17)28-14-6-5-7-15(12-14)29-22-16(21(26)32)13-27-23(31-22)30-20-11-4-2-9-18(20)25/h1,3,5-8,10,12-13,18,20,28H,2,4,9,11,24-25H2,(H2,26,32)(H2,27,29,30,31)/p+1/t18-,20+/m0/s1. The molecule has 0 bridgehead atoms. The van der Waals surface area contributed by atoms with Crippen LogP contribution in [0.5, 0.6) is 0 Å². The fourth-order valence-corrected chi connectivity index (χ4v) is 3.90. The minimum absolute atomic E-state index is 0.0530. The maximum atomic E-state index is 12.0. The van der Waals surface area contributed by atoms with Crippen LogP contribution in [0.25, 0.3) is 0 Å². The molecule has 1 aromatic heterocycles. The van der Waals surface area contributed by atoms with Crippen molar-refractivity contribution in [1.29, 1.82) is 0 Å². The quantitative estimate of drug-likeness (QED) is 0.311. The Labute approximate surface area is 186 Å². The molecular weight excluding hydrogens is 404 g/mol. The van der Waals surface area contributed by atoms with Crippen molar-refractivity contribution in [3.63, 3.8) is 0 Å². The molecule has 166 valence electrons. The topological polar surface area (TPSA) is 162 Å². The van der Waals surface area contributed by atoms with Crippen molar-refractivity contribution in [1.82, 2.24) is 9.97 Å². The zero-order chi connectivity index (χ0) is 22.5. The number of carbonyl (C=O) groups is 1. The van der Waals surface area contributed by atoms with Crippen molar-refractivity contribution in [2.45, 2.75) is 37.8 Å². The number of nitrogen functional groups attached to an aromatic ring is 1. The first kappa shape index (κ1) is 21.5. The molecular formula is C23H29N8O+. The zero-order valence-corrected chi connectivity index (χ0v) is 17.8. The third-order valence-electron chi connectivity index (χ3n) is 5.66. The van der Waals surface area contributed by atoms with E-state index in [1.807, 2.05) is 53.8 Å². The minimum Gasteiger partial charge on any atom is -0.394 e. The number of carbonyl (C=O) groups excluding carboxylic acids is 1. The van der Waals surface area contributed by atoms with Crippen LogP contribution in [-0.4, -0.2) is 28.0 Å². The van der Waals surface area contributed by atoms with Gasteiger partial charge < -0.3 is 27.8 Å². The number of nitrogens with zero attached hydrogens (tertiary/aromatic N) is 2. The van der Waals surface area contributed by atoms with E-state index in [2.05, 4.69) is 20.6 Å². The number of amides is 1. The molecule has 2 atom stereocenters. The third kappa shape index (κ3) is 5.13. The summed E-state index contributed by atoms with van der Waals surface area (Å²) in [7, 11) is 0. The first-order valence-electron chi connectivity index (χ1n) is 10.7. The Kier molecular flexibility index (Phi) is 6.48. The molecule has 0 unspecified atom stereocenters. The number of para-hydroxylation sites is 2. The Morgan fingerprint density at radius 3 is 2.69 bits per heavy atom. The highest BCUT2D eigenvalue weighted by Crippen LogP contribution is 2.24. The van der Waals surface area contributed by atoms with Gasteiger partial charge in [-0.15, -0.1) is 0 Å². The van der Waals surface area contributed by atoms with E-state index in [-0.39, 0.29) is 17.6 Å². The van der Waals surface area contributed by atoms with Crippen LogP contribution in [0.1, 0.15) is 36.0 Å². The number of aromatic nitrogens is 2. The number of benzene rings is 2. The highest BCUT2D eigenvalue weighted by Gasteiger charge is 2.23. The smallest absolute Gasteiger partial charge is 0.254 e. The Morgan fingerprint density at radius 1 is 1.09 bits per heavy atom. The van der Waals surface area contributed by atoms with Crippen LogP contribution in [0, 0.1) is 0 Å². The molecule has 1 heterocycles. The van der Waals surface area contributed by atoms with Crippen LogP contribution in [0.4, 0.5) is 34.5 Å². The second kappa shape index (κ2) is 9.63. The molecule has 1 aliphatic rings. The molecule has 1 saturated carbocycles. The van der Waals surface area contributed by atoms with Gasteiger partial charge in [-0.25, -0.2) is 4.98 Å². The van der Waals surface area contributed by atoms with E-state index < -0.39 is 5.91 Å². The lowest BCUT2D eigenvalue weighted by molar-refractivity contribution is -0.477. The van der Waals surface area contributed by atoms with Crippen molar-refractivity contribution < 1.29 is 10.1 Å². The summed E-state index contributed by atoms with van der Waals surface area (Å²) < 4.78 is 0. The first-order valence-corrected chi connectivity index (χ1v) is 10.7. The number of anilines is 4. The van der Waals surface area contributed by atoms with Gasteiger partial charge in [0.15, 0.2) is 5.69 Å². The summed E-state index contributed by atoms with van der Waals surface area (Å²) in [6, 6.07) is 15.5. The van der Waals surface area contributed by atoms with Crippen LogP contribution in [-0.2, 0) is 0 Å². The molecule has 0 radical (unpaired) electrons. The maximum absolute atomic E-state index is 12.0. The Morgan fingerprint density at radius 2 is 1.91 bits per heavy atom. The Bertz CT molecular complexity index is 1100. The van der Waals surface area contributed by atoms with E-state index in [1.54, 1.807) is 0 Å². The summed E-state index contributed by atoms with van der Waals surface area (Å²) in [5.74, 6) is 0.156. The lowest BCUT2D eigenvalue weighted by Crippen LogP contribution is -2.71. The molecule has 3 aromatic rings. The van der Waals surface area contributed by atoms with Crippen molar-refractivity contribution >= 4 is 40.4 Å². The lowest BCUT2D eigenvalue weighted by atomic mass is 9.91. The predicted octanol–water partition coefficient (Wildman–Crippen LogP) is 2.11. The monoisotopic (exact) mass is 433 g/mol. The normalized spacial score (nSPS) is 18.2. The van der Waals surface area contributed by atoms with Crippen molar-refractivity contribution in [3.8, 4) is 0 Å². The number of primary amides is 1. The summed E-state index contributed by atoms with van der Waals surface area (Å²) in [5.41, 5.74) is 21.4. The summed E-state index contributed by atoms with van der Waals surface area (Å²) in [6.07, 6.45) is 5.62. The zero-order valence-electron chi connectivity index (χ0n) is 17.8. The van der Waals surface area contributed by atoms with Crippen LogP contribution >= 0.6 is 0 Å². The largest absolute Gasteiger partial charge is 0.394 e. The van der Waals surface area contributed by atoms with E-state index in [0.717, 1.165) is 42.7 Å².